The van der Waals surface area contributed by atoms with Crippen LogP contribution in [0.3, 0.4) is 0 Å². The van der Waals surface area contributed by atoms with Gasteiger partial charge in [0.25, 0.3) is 0 Å². The van der Waals surface area contributed by atoms with Gasteiger partial charge in [0.15, 0.2) is 0 Å². The second-order valence-corrected chi connectivity index (χ2v) is 6.33. The van der Waals surface area contributed by atoms with Crippen LogP contribution in [0.25, 0.3) is 0 Å². The Hall–Kier alpha value is -2.62. The maximum Gasteiger partial charge on any atom is 0.322 e. The fraction of sp³-hybridized carbons (Fsp3) is 0.391. The van der Waals surface area contributed by atoms with Crippen LogP contribution in [0.5, 0.6) is 11.5 Å². The van der Waals surface area contributed by atoms with Gasteiger partial charge in [0.1, 0.15) is 17.9 Å². The van der Waals surface area contributed by atoms with Gasteiger partial charge in [0, 0.05) is 0 Å². The molecule has 0 heterocycles. The Morgan fingerprint density at radius 2 is 1.07 bits per heavy atom. The summed E-state index contributed by atoms with van der Waals surface area (Å²) in [6.45, 7) is 8.17. The summed E-state index contributed by atoms with van der Waals surface area (Å²) >= 11 is 0. The highest BCUT2D eigenvalue weighted by atomic mass is 16.6. The third-order valence-corrected chi connectivity index (χ3v) is 4.67. The normalized spacial score (nSPS) is 10.5. The smallest absolute Gasteiger partial charge is 0.322 e. The second-order valence-electron chi connectivity index (χ2n) is 6.33. The Morgan fingerprint density at radius 1 is 0.667 bits per heavy atom. The van der Waals surface area contributed by atoms with E-state index < -0.39 is 18.4 Å². The Bertz CT molecular complexity index is 741. The van der Waals surface area contributed by atoms with Crippen molar-refractivity contribution in [1.29, 1.82) is 0 Å². The molecule has 4 nitrogen and oxygen atoms in total. The first-order valence-electron chi connectivity index (χ1n) is 9.66. The molecule has 0 radical (unpaired) electrons. The topological polar surface area (TPSA) is 52.6 Å². The van der Waals surface area contributed by atoms with Crippen molar-refractivity contribution in [3.8, 4) is 11.5 Å². The Morgan fingerprint density at radius 3 is 1.41 bits per heavy atom. The number of aryl methyl sites for hydroxylation is 2. The largest absolute Gasteiger partial charge is 0.426 e. The quantitative estimate of drug-likeness (QED) is 0.380. The van der Waals surface area contributed by atoms with E-state index in [1.165, 1.54) is 0 Å². The molecule has 0 bridgehead atoms. The summed E-state index contributed by atoms with van der Waals surface area (Å²) in [6, 6.07) is 11.3. The first kappa shape index (κ1) is 20.7. The summed E-state index contributed by atoms with van der Waals surface area (Å²) in [6.07, 6.45) is 2.84. The molecule has 4 heteroatoms. The molecule has 0 amide bonds. The van der Waals surface area contributed by atoms with Crippen LogP contribution in [-0.2, 0) is 35.3 Å². The van der Waals surface area contributed by atoms with E-state index in [4.69, 9.17) is 9.47 Å². The van der Waals surface area contributed by atoms with E-state index in [1.807, 2.05) is 38.1 Å². The molecule has 2 aromatic rings. The fourth-order valence-corrected chi connectivity index (χ4v) is 3.31. The predicted molar refractivity (Wildman–Crippen MR) is 106 cm³/mol. The van der Waals surface area contributed by atoms with Gasteiger partial charge in [-0.2, -0.15) is 0 Å². The third-order valence-electron chi connectivity index (χ3n) is 4.67. The minimum absolute atomic E-state index is 0.418. The lowest BCUT2D eigenvalue weighted by atomic mass is 10.0. The number of benzene rings is 2. The number of esters is 2. The van der Waals surface area contributed by atoms with Gasteiger partial charge in [-0.15, -0.1) is 0 Å². The summed E-state index contributed by atoms with van der Waals surface area (Å²) in [4.78, 5) is 24.5. The van der Waals surface area contributed by atoms with E-state index in [0.717, 1.165) is 47.9 Å². The average molecular weight is 368 g/mol. The van der Waals surface area contributed by atoms with Gasteiger partial charge in [0.05, 0.1) is 0 Å². The highest BCUT2D eigenvalue weighted by Gasteiger charge is 2.18. The van der Waals surface area contributed by atoms with Gasteiger partial charge >= 0.3 is 11.9 Å². The molecule has 0 N–H and O–H groups in total. The summed E-state index contributed by atoms with van der Waals surface area (Å²) in [5.74, 6) is -0.158. The molecule has 144 valence electrons. The monoisotopic (exact) mass is 368 g/mol. The number of carbonyl (C=O) groups is 2. The second kappa shape index (κ2) is 9.91. The van der Waals surface area contributed by atoms with Crippen LogP contribution in [-0.4, -0.2) is 11.9 Å². The van der Waals surface area contributed by atoms with Gasteiger partial charge in [-0.3, -0.25) is 9.59 Å². The molecule has 27 heavy (non-hydrogen) atoms. The highest BCUT2D eigenvalue weighted by molar-refractivity contribution is 5.93. The SMILES string of the molecule is CCc1cccc(OC(=O)CC(=O)Oc2cccc(CC)c2CC)c1CC. The minimum atomic E-state index is -0.604. The number of hydrogen-bond donors (Lipinski definition) is 0. The van der Waals surface area contributed by atoms with Gasteiger partial charge < -0.3 is 9.47 Å². The van der Waals surface area contributed by atoms with Crippen molar-refractivity contribution < 1.29 is 19.1 Å². The summed E-state index contributed by atoms with van der Waals surface area (Å²) < 4.78 is 10.9. The highest BCUT2D eigenvalue weighted by Crippen LogP contribution is 2.25. The lowest BCUT2D eigenvalue weighted by Crippen LogP contribution is -2.19. The molecule has 0 aliphatic heterocycles. The maximum absolute atomic E-state index is 12.2. The first-order valence-corrected chi connectivity index (χ1v) is 9.66. The van der Waals surface area contributed by atoms with Crippen molar-refractivity contribution in [2.24, 2.45) is 0 Å². The zero-order chi connectivity index (χ0) is 19.8. The average Bonchev–Trinajstić information content (AvgIpc) is 2.67. The van der Waals surface area contributed by atoms with Crippen LogP contribution in [0.2, 0.25) is 0 Å². The molecule has 0 aliphatic carbocycles. The fourth-order valence-electron chi connectivity index (χ4n) is 3.31. The van der Waals surface area contributed by atoms with Crippen LogP contribution in [0, 0.1) is 0 Å². The third kappa shape index (κ3) is 5.19. The van der Waals surface area contributed by atoms with Crippen molar-refractivity contribution in [2.75, 3.05) is 0 Å². The Balaban J connectivity index is 2.06. The Labute approximate surface area is 161 Å². The zero-order valence-corrected chi connectivity index (χ0v) is 16.6. The van der Waals surface area contributed by atoms with E-state index in [1.54, 1.807) is 12.1 Å². The van der Waals surface area contributed by atoms with Crippen LogP contribution < -0.4 is 9.47 Å². The number of ether oxygens (including phenoxy) is 2. The van der Waals surface area contributed by atoms with Crippen LogP contribution in [0.1, 0.15) is 56.4 Å². The lowest BCUT2D eigenvalue weighted by Gasteiger charge is -2.14. The molecule has 2 aromatic carbocycles. The first-order chi connectivity index (χ1) is 13.0. The van der Waals surface area contributed by atoms with E-state index in [2.05, 4.69) is 13.8 Å². The van der Waals surface area contributed by atoms with Gasteiger partial charge in [-0.25, -0.2) is 0 Å². The number of hydrogen-bond acceptors (Lipinski definition) is 4. The summed E-state index contributed by atoms with van der Waals surface area (Å²) in [7, 11) is 0. The lowest BCUT2D eigenvalue weighted by molar-refractivity contribution is -0.144. The number of rotatable bonds is 8. The van der Waals surface area contributed by atoms with Crippen molar-refractivity contribution in [1.82, 2.24) is 0 Å². The van der Waals surface area contributed by atoms with Crippen LogP contribution in [0.4, 0.5) is 0 Å². The number of carbonyl (C=O) groups excluding carboxylic acids is 2. The minimum Gasteiger partial charge on any atom is -0.426 e. The van der Waals surface area contributed by atoms with Crippen LogP contribution in [0.15, 0.2) is 36.4 Å². The standard InChI is InChI=1S/C23H28O4/c1-5-16-11-9-13-20(18(16)7-3)26-22(24)15-23(25)27-21-14-10-12-17(6-2)19(21)8-4/h9-14H,5-8,15H2,1-4H3. The zero-order valence-electron chi connectivity index (χ0n) is 16.6. The molecule has 0 aliphatic rings. The Kier molecular flexibility index (Phi) is 7.59. The molecule has 0 fully saturated rings. The molecular weight excluding hydrogens is 340 g/mol. The molecule has 0 saturated heterocycles. The molecule has 0 spiro atoms. The van der Waals surface area contributed by atoms with E-state index in [0.29, 0.717) is 11.5 Å². The van der Waals surface area contributed by atoms with E-state index in [9.17, 15) is 9.59 Å². The summed E-state index contributed by atoms with van der Waals surface area (Å²) in [5.41, 5.74) is 4.31. The molecular formula is C23H28O4. The van der Waals surface area contributed by atoms with E-state index >= 15 is 0 Å². The molecule has 0 saturated carbocycles. The van der Waals surface area contributed by atoms with Crippen LogP contribution >= 0.6 is 0 Å². The van der Waals surface area contributed by atoms with Gasteiger partial charge in [0.2, 0.25) is 0 Å². The van der Waals surface area contributed by atoms with Crippen molar-refractivity contribution in [3.05, 3.63) is 58.7 Å². The molecule has 0 atom stereocenters. The summed E-state index contributed by atoms with van der Waals surface area (Å²) in [5, 5.41) is 0. The molecule has 0 unspecified atom stereocenters. The molecule has 0 aromatic heterocycles. The van der Waals surface area contributed by atoms with Crippen molar-refractivity contribution >= 4 is 11.9 Å². The van der Waals surface area contributed by atoms with E-state index in [-0.39, 0.29) is 0 Å². The van der Waals surface area contributed by atoms with Gasteiger partial charge in [-0.1, -0.05) is 52.0 Å². The van der Waals surface area contributed by atoms with Crippen molar-refractivity contribution in [3.63, 3.8) is 0 Å². The van der Waals surface area contributed by atoms with Crippen molar-refractivity contribution in [2.45, 2.75) is 59.8 Å². The molecule has 2 rings (SSSR count). The predicted octanol–water partition coefficient (Wildman–Crippen LogP) is 4.84. The van der Waals surface area contributed by atoms with Gasteiger partial charge in [-0.05, 0) is 60.1 Å². The maximum atomic E-state index is 12.2.